The molecule has 0 aromatic carbocycles. The first-order valence-electron chi connectivity index (χ1n) is 3.04. The van der Waals surface area contributed by atoms with Gasteiger partial charge in [-0.3, -0.25) is 0 Å². The van der Waals surface area contributed by atoms with E-state index >= 15 is 0 Å². The van der Waals surface area contributed by atoms with Crippen LogP contribution in [0.4, 0.5) is 4.79 Å². The Kier molecular flexibility index (Phi) is 4.09. The molecule has 1 N–H and O–H groups in total. The lowest BCUT2D eigenvalue weighted by atomic mass is 11.2. The third-order valence-electron chi connectivity index (χ3n) is 1.29. The second kappa shape index (κ2) is 4.32. The van der Waals surface area contributed by atoms with Crippen LogP contribution in [0.15, 0.2) is 0 Å². The molecule has 0 aromatic heterocycles. The van der Waals surface area contributed by atoms with Crippen molar-refractivity contribution >= 4 is 14.8 Å². The monoisotopic (exact) mass is 179 g/mol. The SMILES string of the molecule is COC(=O)N[Si](C)(OC)OC. The number of hydrogen-bond acceptors (Lipinski definition) is 4. The van der Waals surface area contributed by atoms with Gasteiger partial charge >= 0.3 is 14.8 Å². The summed E-state index contributed by atoms with van der Waals surface area (Å²) in [6.45, 7) is 1.70. The molecule has 5 nitrogen and oxygen atoms in total. The second-order valence-corrected chi connectivity index (χ2v) is 4.93. The Bertz CT molecular complexity index is 136. The van der Waals surface area contributed by atoms with Crippen LogP contribution in [0.25, 0.3) is 0 Å². The molecular formula is C5H13NO4Si. The van der Waals surface area contributed by atoms with Gasteiger partial charge in [0.1, 0.15) is 0 Å². The van der Waals surface area contributed by atoms with Gasteiger partial charge in [0.25, 0.3) is 0 Å². The zero-order chi connectivity index (χ0) is 8.91. The molecule has 1 amide bonds. The first kappa shape index (κ1) is 10.4. The van der Waals surface area contributed by atoms with E-state index in [0.717, 1.165) is 0 Å². The summed E-state index contributed by atoms with van der Waals surface area (Å²) in [5, 5.41) is 0. The fourth-order valence-corrected chi connectivity index (χ4v) is 1.27. The van der Waals surface area contributed by atoms with Crippen LogP contribution in [0.3, 0.4) is 0 Å². The Labute approximate surface area is 67.0 Å². The van der Waals surface area contributed by atoms with Crippen LogP contribution in [-0.2, 0) is 13.6 Å². The third-order valence-corrected chi connectivity index (χ3v) is 3.51. The molecule has 6 heteroatoms. The molecule has 0 aliphatic heterocycles. The Morgan fingerprint density at radius 1 is 1.27 bits per heavy atom. The van der Waals surface area contributed by atoms with Crippen molar-refractivity contribution in [2.75, 3.05) is 21.3 Å². The summed E-state index contributed by atoms with van der Waals surface area (Å²) >= 11 is 0. The Morgan fingerprint density at radius 2 is 1.73 bits per heavy atom. The predicted octanol–water partition coefficient (Wildman–Crippen LogP) is 0.204. The molecule has 0 saturated carbocycles. The molecule has 0 heterocycles. The van der Waals surface area contributed by atoms with Gasteiger partial charge in [0, 0.05) is 14.2 Å². The minimum absolute atomic E-state index is 0.539. The highest BCUT2D eigenvalue weighted by Gasteiger charge is 2.32. The van der Waals surface area contributed by atoms with Crippen molar-refractivity contribution in [2.24, 2.45) is 0 Å². The van der Waals surface area contributed by atoms with Crippen LogP contribution >= 0.6 is 0 Å². The number of nitrogens with one attached hydrogen (secondary N) is 1. The molecule has 0 radical (unpaired) electrons. The fourth-order valence-electron chi connectivity index (χ4n) is 0.422. The summed E-state index contributed by atoms with van der Waals surface area (Å²) < 4.78 is 14.3. The highest BCUT2D eigenvalue weighted by atomic mass is 28.4. The van der Waals surface area contributed by atoms with Gasteiger partial charge in [-0.2, -0.15) is 0 Å². The van der Waals surface area contributed by atoms with Crippen LogP contribution in [0, 0.1) is 0 Å². The van der Waals surface area contributed by atoms with Gasteiger partial charge in [0.05, 0.1) is 7.11 Å². The number of rotatable bonds is 3. The zero-order valence-electron chi connectivity index (χ0n) is 7.13. The number of hydrogen-bond donors (Lipinski definition) is 1. The van der Waals surface area contributed by atoms with Crippen LogP contribution in [0.5, 0.6) is 0 Å². The summed E-state index contributed by atoms with van der Waals surface area (Å²) in [7, 11) is 1.74. The predicted molar refractivity (Wildman–Crippen MR) is 41.2 cm³/mol. The van der Waals surface area contributed by atoms with Crippen molar-refractivity contribution in [1.82, 2.24) is 4.98 Å². The average Bonchev–Trinajstić information content (AvgIpc) is 2.04. The van der Waals surface area contributed by atoms with Gasteiger partial charge in [-0.1, -0.05) is 0 Å². The molecule has 0 saturated heterocycles. The number of amides is 1. The summed E-state index contributed by atoms with van der Waals surface area (Å²) in [4.78, 5) is 13.2. The van der Waals surface area contributed by atoms with Crippen LogP contribution < -0.4 is 4.98 Å². The van der Waals surface area contributed by atoms with Gasteiger partial charge < -0.3 is 18.6 Å². The van der Waals surface area contributed by atoms with E-state index in [9.17, 15) is 4.79 Å². The van der Waals surface area contributed by atoms with E-state index in [4.69, 9.17) is 8.85 Å². The number of carbonyl (C=O) groups is 1. The molecular weight excluding hydrogens is 166 g/mol. The van der Waals surface area contributed by atoms with Crippen molar-refractivity contribution in [3.63, 3.8) is 0 Å². The lowest BCUT2D eigenvalue weighted by Gasteiger charge is -2.21. The molecule has 0 aliphatic rings. The number of carbonyl (C=O) groups excluding carboxylic acids is 1. The normalized spacial score (nSPS) is 10.9. The van der Waals surface area contributed by atoms with Crippen LogP contribution in [0.2, 0.25) is 6.55 Å². The van der Waals surface area contributed by atoms with Gasteiger partial charge in [-0.25, -0.2) is 4.79 Å². The molecule has 0 aromatic rings. The van der Waals surface area contributed by atoms with Crippen molar-refractivity contribution in [3.05, 3.63) is 0 Å². The van der Waals surface area contributed by atoms with E-state index < -0.39 is 14.8 Å². The standard InChI is InChI=1S/C5H13NO4Si/c1-8-5(7)6-11(4,9-2)10-3/h1-4H3,(H,6,7). The minimum atomic E-state index is -2.51. The summed E-state index contributed by atoms with van der Waals surface area (Å²) in [6, 6.07) is 0. The maximum absolute atomic E-state index is 10.7. The number of ether oxygens (including phenoxy) is 1. The summed E-state index contributed by atoms with van der Waals surface area (Å²) in [6.07, 6.45) is -0.539. The molecule has 0 aliphatic carbocycles. The maximum atomic E-state index is 10.7. The van der Waals surface area contributed by atoms with E-state index in [2.05, 4.69) is 9.72 Å². The molecule has 0 atom stereocenters. The molecule has 0 fully saturated rings. The Morgan fingerprint density at radius 3 is 2.00 bits per heavy atom. The zero-order valence-corrected chi connectivity index (χ0v) is 8.13. The van der Waals surface area contributed by atoms with Crippen LogP contribution in [-0.4, -0.2) is 36.1 Å². The average molecular weight is 179 g/mol. The molecule has 0 unspecified atom stereocenters. The summed E-state index contributed by atoms with van der Waals surface area (Å²) in [5.41, 5.74) is 0. The molecule has 0 spiro atoms. The van der Waals surface area contributed by atoms with Crippen molar-refractivity contribution in [1.29, 1.82) is 0 Å². The van der Waals surface area contributed by atoms with E-state index in [0.29, 0.717) is 0 Å². The Balaban J connectivity index is 3.96. The lowest BCUT2D eigenvalue weighted by molar-refractivity contribution is 0.165. The molecule has 0 rings (SSSR count). The quantitative estimate of drug-likeness (QED) is 0.629. The first-order chi connectivity index (χ1) is 5.08. The lowest BCUT2D eigenvalue weighted by Crippen LogP contribution is -2.54. The summed E-state index contributed by atoms with van der Waals surface area (Å²) in [5.74, 6) is 0. The van der Waals surface area contributed by atoms with Gasteiger partial charge in [-0.15, -0.1) is 0 Å². The second-order valence-electron chi connectivity index (χ2n) is 1.97. The van der Waals surface area contributed by atoms with E-state index in [1.54, 1.807) is 6.55 Å². The molecule has 66 valence electrons. The smallest absolute Gasteiger partial charge is 0.453 e. The van der Waals surface area contributed by atoms with E-state index in [1.165, 1.54) is 21.3 Å². The molecule has 11 heavy (non-hydrogen) atoms. The van der Waals surface area contributed by atoms with Crippen LogP contribution in [0.1, 0.15) is 0 Å². The highest BCUT2D eigenvalue weighted by Crippen LogP contribution is 1.98. The first-order valence-corrected chi connectivity index (χ1v) is 5.36. The van der Waals surface area contributed by atoms with E-state index in [-0.39, 0.29) is 0 Å². The minimum Gasteiger partial charge on any atom is -0.453 e. The van der Waals surface area contributed by atoms with Crippen molar-refractivity contribution in [3.8, 4) is 0 Å². The molecule has 0 bridgehead atoms. The maximum Gasteiger partial charge on any atom is 0.458 e. The topological polar surface area (TPSA) is 56.8 Å². The van der Waals surface area contributed by atoms with Gasteiger partial charge in [-0.05, 0) is 6.55 Å². The Hall–Kier alpha value is -0.593. The number of methoxy groups -OCH3 is 1. The van der Waals surface area contributed by atoms with Crippen molar-refractivity contribution in [2.45, 2.75) is 6.55 Å². The van der Waals surface area contributed by atoms with E-state index in [1.807, 2.05) is 0 Å². The van der Waals surface area contributed by atoms with Gasteiger partial charge in [0.2, 0.25) is 0 Å². The third kappa shape index (κ3) is 3.35. The largest absolute Gasteiger partial charge is 0.458 e. The van der Waals surface area contributed by atoms with Crippen molar-refractivity contribution < 1.29 is 18.4 Å². The van der Waals surface area contributed by atoms with Gasteiger partial charge in [0.15, 0.2) is 0 Å². The fraction of sp³-hybridized carbons (Fsp3) is 0.800. The highest BCUT2D eigenvalue weighted by molar-refractivity contribution is 6.65.